The number of hydrogen-bond donors (Lipinski definition) is 1. The van der Waals surface area contributed by atoms with Crippen LogP contribution in [0.1, 0.15) is 18.6 Å². The van der Waals surface area contributed by atoms with Crippen LogP contribution >= 0.6 is 0 Å². The number of ether oxygens (including phenoxy) is 1. The first-order chi connectivity index (χ1) is 8.35. The number of rotatable bonds is 1. The number of fused-ring (bicyclic) bond motifs is 1. The average Bonchev–Trinajstić information content (AvgIpc) is 2.32. The molecule has 1 aliphatic rings. The second kappa shape index (κ2) is 4.34. The van der Waals surface area contributed by atoms with Gasteiger partial charge in [-0.15, -0.1) is 0 Å². The molecule has 1 N–H and O–H groups in total. The maximum absolute atomic E-state index is 12.2. The van der Waals surface area contributed by atoms with E-state index < -0.39 is 28.3 Å². The number of benzene rings is 1. The van der Waals surface area contributed by atoms with E-state index in [0.29, 0.717) is 0 Å². The number of nitrogens with zero attached hydrogens (tertiary/aromatic N) is 1. The Kier molecular flexibility index (Phi) is 3.14. The van der Waals surface area contributed by atoms with Gasteiger partial charge >= 0.3 is 5.97 Å². The number of carbonyl (C=O) groups excluding carboxylic acids is 1. The van der Waals surface area contributed by atoms with Crippen molar-refractivity contribution < 1.29 is 23.1 Å². The third-order valence-electron chi connectivity index (χ3n) is 2.81. The maximum atomic E-state index is 12.2. The third-order valence-corrected chi connectivity index (χ3v) is 4.70. The second-order valence-electron chi connectivity index (χ2n) is 4.00. The van der Waals surface area contributed by atoms with E-state index in [2.05, 4.69) is 0 Å². The highest BCUT2D eigenvalue weighted by molar-refractivity contribution is 7.89. The quantitative estimate of drug-likeness (QED) is 0.740. The van der Waals surface area contributed by atoms with Crippen LogP contribution in [0, 0.1) is 0 Å². The summed E-state index contributed by atoms with van der Waals surface area (Å²) < 4.78 is 30.1. The maximum Gasteiger partial charge on any atom is 0.304 e. The molecule has 0 amide bonds. The standard InChI is InChI=1S/C11H13NO5S/c1-7(13)17-11-10(14)8-5-3-4-6-9(8)18(15,16)12(11)2/h3-6,10-11,14H,1-2H3. The first-order valence-corrected chi connectivity index (χ1v) is 6.72. The molecule has 1 aliphatic heterocycles. The molecule has 98 valence electrons. The smallest absolute Gasteiger partial charge is 0.304 e. The Balaban J connectivity index is 2.57. The SMILES string of the molecule is CC(=O)OC1C(O)c2ccccc2S(=O)(=O)N1C. The Morgan fingerprint density at radius 3 is 2.61 bits per heavy atom. The van der Waals surface area contributed by atoms with Gasteiger partial charge in [0.15, 0.2) is 6.23 Å². The van der Waals surface area contributed by atoms with Crippen LogP contribution in [0.4, 0.5) is 0 Å². The molecule has 0 aliphatic carbocycles. The van der Waals surface area contributed by atoms with Crippen LogP contribution in [-0.2, 0) is 19.6 Å². The average molecular weight is 271 g/mol. The van der Waals surface area contributed by atoms with E-state index in [1.807, 2.05) is 0 Å². The molecule has 1 aromatic carbocycles. The minimum absolute atomic E-state index is 0.0309. The van der Waals surface area contributed by atoms with E-state index in [9.17, 15) is 18.3 Å². The number of aliphatic hydroxyl groups is 1. The molecule has 2 unspecified atom stereocenters. The highest BCUT2D eigenvalue weighted by atomic mass is 32.2. The number of hydrogen-bond acceptors (Lipinski definition) is 5. The van der Waals surface area contributed by atoms with Crippen molar-refractivity contribution in [3.63, 3.8) is 0 Å². The molecule has 1 heterocycles. The van der Waals surface area contributed by atoms with Crippen LogP contribution in [0.2, 0.25) is 0 Å². The fraction of sp³-hybridized carbons (Fsp3) is 0.364. The van der Waals surface area contributed by atoms with E-state index in [1.54, 1.807) is 12.1 Å². The lowest BCUT2D eigenvalue weighted by Gasteiger charge is -2.35. The fourth-order valence-corrected chi connectivity index (χ4v) is 3.39. The van der Waals surface area contributed by atoms with E-state index in [4.69, 9.17) is 4.74 Å². The van der Waals surface area contributed by atoms with Gasteiger partial charge in [0.1, 0.15) is 6.10 Å². The molecular weight excluding hydrogens is 258 g/mol. The summed E-state index contributed by atoms with van der Waals surface area (Å²) in [5.74, 6) is -0.652. The predicted molar refractivity (Wildman–Crippen MR) is 61.9 cm³/mol. The van der Waals surface area contributed by atoms with Gasteiger partial charge < -0.3 is 9.84 Å². The molecular formula is C11H13NO5S. The molecule has 0 spiro atoms. The predicted octanol–water partition coefficient (Wildman–Crippen LogP) is 0.243. The van der Waals surface area contributed by atoms with Gasteiger partial charge in [-0.1, -0.05) is 18.2 Å². The van der Waals surface area contributed by atoms with Crippen LogP contribution in [0.3, 0.4) is 0 Å². The zero-order valence-corrected chi connectivity index (χ0v) is 10.7. The van der Waals surface area contributed by atoms with Crippen molar-refractivity contribution in [1.29, 1.82) is 0 Å². The lowest BCUT2D eigenvalue weighted by atomic mass is 10.1. The van der Waals surface area contributed by atoms with Crippen molar-refractivity contribution in [1.82, 2.24) is 4.31 Å². The number of sulfonamides is 1. The Bertz CT molecular complexity index is 583. The molecule has 0 fully saturated rings. The number of aliphatic hydroxyl groups excluding tert-OH is 1. The van der Waals surface area contributed by atoms with Gasteiger partial charge in [0, 0.05) is 19.5 Å². The zero-order valence-electron chi connectivity index (χ0n) is 9.90. The lowest BCUT2D eigenvalue weighted by Crippen LogP contribution is -2.47. The molecule has 18 heavy (non-hydrogen) atoms. The van der Waals surface area contributed by atoms with E-state index in [0.717, 1.165) is 11.2 Å². The molecule has 0 radical (unpaired) electrons. The molecule has 0 aromatic heterocycles. The van der Waals surface area contributed by atoms with Crippen LogP contribution in [0.15, 0.2) is 29.2 Å². The van der Waals surface area contributed by atoms with Crippen LogP contribution in [0.5, 0.6) is 0 Å². The molecule has 6 nitrogen and oxygen atoms in total. The minimum Gasteiger partial charge on any atom is -0.442 e. The normalized spacial score (nSPS) is 26.4. The molecule has 7 heteroatoms. The van der Waals surface area contributed by atoms with Crippen LogP contribution < -0.4 is 0 Å². The first kappa shape index (κ1) is 13.0. The largest absolute Gasteiger partial charge is 0.442 e. The zero-order chi connectivity index (χ0) is 13.5. The third kappa shape index (κ3) is 1.90. The molecule has 0 saturated carbocycles. The highest BCUT2D eigenvalue weighted by Crippen LogP contribution is 2.35. The van der Waals surface area contributed by atoms with Crippen molar-refractivity contribution in [2.75, 3.05) is 7.05 Å². The molecule has 1 aromatic rings. The molecule has 2 atom stereocenters. The minimum atomic E-state index is -3.75. The second-order valence-corrected chi connectivity index (χ2v) is 5.97. The van der Waals surface area contributed by atoms with Crippen molar-refractivity contribution in [3.8, 4) is 0 Å². The summed E-state index contributed by atoms with van der Waals surface area (Å²) in [6, 6.07) is 6.10. The summed E-state index contributed by atoms with van der Waals surface area (Å²) in [5.41, 5.74) is 0.238. The van der Waals surface area contributed by atoms with Crippen molar-refractivity contribution in [3.05, 3.63) is 29.8 Å². The Hall–Kier alpha value is -1.44. The Labute approximate surface area is 105 Å². The number of esters is 1. The van der Waals surface area contributed by atoms with Crippen molar-refractivity contribution in [2.45, 2.75) is 24.2 Å². The van der Waals surface area contributed by atoms with Gasteiger partial charge in [0.2, 0.25) is 10.0 Å². The lowest BCUT2D eigenvalue weighted by molar-refractivity contribution is -0.162. The van der Waals surface area contributed by atoms with E-state index in [-0.39, 0.29) is 10.5 Å². The van der Waals surface area contributed by atoms with Crippen molar-refractivity contribution in [2.24, 2.45) is 0 Å². The summed E-state index contributed by atoms with van der Waals surface area (Å²) in [7, 11) is -2.49. The van der Waals surface area contributed by atoms with E-state index in [1.165, 1.54) is 19.2 Å². The fourth-order valence-electron chi connectivity index (χ4n) is 1.91. The van der Waals surface area contributed by atoms with Gasteiger partial charge in [-0.05, 0) is 6.07 Å². The summed E-state index contributed by atoms with van der Waals surface area (Å²) in [4.78, 5) is 11.0. The van der Waals surface area contributed by atoms with Gasteiger partial charge in [0.25, 0.3) is 0 Å². The summed E-state index contributed by atoms with van der Waals surface area (Å²) in [5, 5.41) is 10.1. The van der Waals surface area contributed by atoms with Crippen LogP contribution in [-0.4, -0.2) is 37.1 Å². The summed E-state index contributed by atoms with van der Waals surface area (Å²) in [6.45, 7) is 1.16. The van der Waals surface area contributed by atoms with Gasteiger partial charge in [-0.3, -0.25) is 4.79 Å². The summed E-state index contributed by atoms with van der Waals surface area (Å²) >= 11 is 0. The Morgan fingerprint density at radius 2 is 2.00 bits per heavy atom. The van der Waals surface area contributed by atoms with Gasteiger partial charge in [-0.25, -0.2) is 8.42 Å². The monoisotopic (exact) mass is 271 g/mol. The number of carbonyl (C=O) groups is 1. The Morgan fingerprint density at radius 1 is 1.39 bits per heavy atom. The molecule has 0 saturated heterocycles. The van der Waals surface area contributed by atoms with Crippen LogP contribution in [0.25, 0.3) is 0 Å². The van der Waals surface area contributed by atoms with Gasteiger partial charge in [-0.2, -0.15) is 4.31 Å². The molecule has 2 rings (SSSR count). The molecule has 0 bridgehead atoms. The van der Waals surface area contributed by atoms with Crippen molar-refractivity contribution >= 4 is 16.0 Å². The van der Waals surface area contributed by atoms with Gasteiger partial charge in [0.05, 0.1) is 4.90 Å². The highest BCUT2D eigenvalue weighted by Gasteiger charge is 2.43. The number of likely N-dealkylation sites (N-methyl/N-ethyl adjacent to an activating group) is 1. The topological polar surface area (TPSA) is 83.9 Å². The summed E-state index contributed by atoms with van der Waals surface area (Å²) in [6.07, 6.45) is -2.43. The van der Waals surface area contributed by atoms with E-state index >= 15 is 0 Å². The first-order valence-electron chi connectivity index (χ1n) is 5.28.